The highest BCUT2D eigenvalue weighted by Crippen LogP contribution is 2.15. The molecule has 2 rings (SSSR count). The Morgan fingerprint density at radius 3 is 2.52 bits per heavy atom. The van der Waals surface area contributed by atoms with Gasteiger partial charge in [0.1, 0.15) is 0 Å². The number of carbonyl (C=O) groups excluding carboxylic acids is 3. The number of piperidine rings is 1. The van der Waals surface area contributed by atoms with Crippen molar-refractivity contribution in [3.05, 3.63) is 35.4 Å². The maximum absolute atomic E-state index is 12.3. The molecule has 1 fully saturated rings. The topological polar surface area (TPSA) is 92.5 Å². The zero-order valence-corrected chi connectivity index (χ0v) is 12.0. The highest BCUT2D eigenvalue weighted by atomic mass is 16.2. The maximum Gasteiger partial charge on any atom is 0.248 e. The summed E-state index contributed by atoms with van der Waals surface area (Å²) < 4.78 is 0. The number of carbonyl (C=O) groups is 3. The van der Waals surface area contributed by atoms with Gasteiger partial charge in [-0.25, -0.2) is 0 Å². The van der Waals surface area contributed by atoms with E-state index in [1.54, 1.807) is 36.2 Å². The van der Waals surface area contributed by atoms with Crippen molar-refractivity contribution in [3.8, 4) is 0 Å². The lowest BCUT2D eigenvalue weighted by Crippen LogP contribution is -2.43. The third-order valence-electron chi connectivity index (χ3n) is 3.65. The minimum atomic E-state index is -0.469. The van der Waals surface area contributed by atoms with Crippen LogP contribution in [-0.2, 0) is 16.1 Å². The summed E-state index contributed by atoms with van der Waals surface area (Å²) in [6, 6.07) is 6.87. The van der Waals surface area contributed by atoms with Crippen LogP contribution in [0.4, 0.5) is 0 Å². The first kappa shape index (κ1) is 15.0. The summed E-state index contributed by atoms with van der Waals surface area (Å²) in [4.78, 5) is 36.0. The third kappa shape index (κ3) is 3.81. The summed E-state index contributed by atoms with van der Waals surface area (Å²) >= 11 is 0. The molecule has 3 amide bonds. The molecule has 0 aromatic heterocycles. The van der Waals surface area contributed by atoms with Crippen LogP contribution in [0.5, 0.6) is 0 Å². The van der Waals surface area contributed by atoms with Crippen molar-refractivity contribution in [2.45, 2.75) is 19.4 Å². The second kappa shape index (κ2) is 6.39. The number of hydrogen-bond donors (Lipinski definition) is 2. The second-order valence-electron chi connectivity index (χ2n) is 5.30. The Kier molecular flexibility index (Phi) is 4.57. The molecule has 1 aromatic rings. The smallest absolute Gasteiger partial charge is 0.248 e. The number of benzene rings is 1. The van der Waals surface area contributed by atoms with E-state index in [4.69, 9.17) is 5.73 Å². The third-order valence-corrected chi connectivity index (χ3v) is 3.65. The van der Waals surface area contributed by atoms with Gasteiger partial charge in [-0.05, 0) is 24.1 Å². The van der Waals surface area contributed by atoms with E-state index in [9.17, 15) is 14.4 Å². The molecule has 0 saturated carbocycles. The summed E-state index contributed by atoms with van der Waals surface area (Å²) in [5, 5.41) is 2.71. The lowest BCUT2D eigenvalue weighted by Gasteiger charge is -2.26. The zero-order chi connectivity index (χ0) is 15.4. The van der Waals surface area contributed by atoms with Crippen LogP contribution in [0.1, 0.15) is 28.8 Å². The molecule has 1 aromatic carbocycles. The first-order valence-electron chi connectivity index (χ1n) is 6.88. The van der Waals surface area contributed by atoms with Crippen molar-refractivity contribution in [2.24, 2.45) is 11.7 Å². The van der Waals surface area contributed by atoms with Gasteiger partial charge in [0, 0.05) is 32.1 Å². The van der Waals surface area contributed by atoms with Gasteiger partial charge in [0.25, 0.3) is 0 Å². The van der Waals surface area contributed by atoms with Crippen molar-refractivity contribution < 1.29 is 14.4 Å². The Hall–Kier alpha value is -2.37. The molecule has 0 spiro atoms. The Morgan fingerprint density at radius 2 is 2.00 bits per heavy atom. The number of rotatable bonds is 4. The number of hydrogen-bond acceptors (Lipinski definition) is 3. The molecular weight excluding hydrogens is 270 g/mol. The van der Waals surface area contributed by atoms with Crippen molar-refractivity contribution in [1.29, 1.82) is 0 Å². The Balaban J connectivity index is 1.94. The highest BCUT2D eigenvalue weighted by Gasteiger charge is 2.26. The van der Waals surface area contributed by atoms with Crippen LogP contribution in [-0.4, -0.2) is 36.2 Å². The number of nitrogens with zero attached hydrogens (tertiary/aromatic N) is 1. The first-order valence-corrected chi connectivity index (χ1v) is 6.88. The summed E-state index contributed by atoms with van der Waals surface area (Å²) in [6.45, 7) is 0.866. The van der Waals surface area contributed by atoms with E-state index in [-0.39, 0.29) is 17.7 Å². The molecular formula is C15H19N3O3. The maximum atomic E-state index is 12.3. The first-order chi connectivity index (χ1) is 9.97. The van der Waals surface area contributed by atoms with Crippen molar-refractivity contribution in [2.75, 3.05) is 13.6 Å². The monoisotopic (exact) mass is 289 g/mol. The number of nitrogens with two attached hydrogens (primary N) is 1. The van der Waals surface area contributed by atoms with Gasteiger partial charge in [-0.2, -0.15) is 0 Å². The van der Waals surface area contributed by atoms with E-state index < -0.39 is 5.91 Å². The standard InChI is InChI=1S/C15H19N3O3/c1-18(15(21)12-6-7-13(19)17-8-12)9-10-2-4-11(5-3-10)14(16)20/h2-5,12H,6-9H2,1H3,(H2,16,20)(H,17,19). The van der Waals surface area contributed by atoms with Gasteiger partial charge in [0.2, 0.25) is 17.7 Å². The van der Waals surface area contributed by atoms with Crippen molar-refractivity contribution in [1.82, 2.24) is 10.2 Å². The van der Waals surface area contributed by atoms with E-state index >= 15 is 0 Å². The molecule has 112 valence electrons. The normalized spacial score (nSPS) is 18.0. The van der Waals surface area contributed by atoms with Crippen LogP contribution in [0.15, 0.2) is 24.3 Å². The molecule has 0 bridgehead atoms. The average Bonchev–Trinajstić information content (AvgIpc) is 2.47. The van der Waals surface area contributed by atoms with Gasteiger partial charge < -0.3 is 16.0 Å². The molecule has 6 heteroatoms. The molecule has 1 heterocycles. The largest absolute Gasteiger partial charge is 0.366 e. The van der Waals surface area contributed by atoms with Crippen LogP contribution >= 0.6 is 0 Å². The minimum absolute atomic E-state index is 0.00347. The number of amides is 3. The molecule has 21 heavy (non-hydrogen) atoms. The van der Waals surface area contributed by atoms with Gasteiger partial charge in [0.15, 0.2) is 0 Å². The zero-order valence-electron chi connectivity index (χ0n) is 12.0. The lowest BCUT2D eigenvalue weighted by atomic mass is 9.97. The molecule has 0 aliphatic carbocycles. The lowest BCUT2D eigenvalue weighted by molar-refractivity contribution is -0.136. The molecule has 1 saturated heterocycles. The van der Waals surface area contributed by atoms with E-state index in [1.165, 1.54) is 0 Å². The summed E-state index contributed by atoms with van der Waals surface area (Å²) in [5.74, 6) is -0.598. The Labute approximate surface area is 123 Å². The molecule has 1 aliphatic rings. The molecule has 6 nitrogen and oxygen atoms in total. The molecule has 1 atom stereocenters. The van der Waals surface area contributed by atoms with Crippen molar-refractivity contribution >= 4 is 17.7 Å². The van der Waals surface area contributed by atoms with Gasteiger partial charge in [-0.3, -0.25) is 14.4 Å². The second-order valence-corrected chi connectivity index (χ2v) is 5.30. The minimum Gasteiger partial charge on any atom is -0.366 e. The SMILES string of the molecule is CN(Cc1ccc(C(N)=O)cc1)C(=O)C1CCC(=O)NC1. The van der Waals surface area contributed by atoms with Crippen LogP contribution in [0.25, 0.3) is 0 Å². The molecule has 1 unspecified atom stereocenters. The Morgan fingerprint density at radius 1 is 1.33 bits per heavy atom. The van der Waals surface area contributed by atoms with Gasteiger partial charge in [-0.15, -0.1) is 0 Å². The average molecular weight is 289 g/mol. The predicted octanol–water partition coefficient (Wildman–Crippen LogP) is 0.270. The van der Waals surface area contributed by atoms with Gasteiger partial charge in [0.05, 0.1) is 5.92 Å². The predicted molar refractivity (Wildman–Crippen MR) is 77.2 cm³/mol. The quantitative estimate of drug-likeness (QED) is 0.833. The number of nitrogens with one attached hydrogen (secondary N) is 1. The van der Waals surface area contributed by atoms with Crippen LogP contribution in [0.2, 0.25) is 0 Å². The number of primary amides is 1. The van der Waals surface area contributed by atoms with Crippen LogP contribution in [0.3, 0.4) is 0 Å². The summed E-state index contributed by atoms with van der Waals surface area (Å²) in [6.07, 6.45) is 0.993. The van der Waals surface area contributed by atoms with E-state index in [0.29, 0.717) is 31.5 Å². The van der Waals surface area contributed by atoms with Gasteiger partial charge >= 0.3 is 0 Å². The van der Waals surface area contributed by atoms with E-state index in [2.05, 4.69) is 5.32 Å². The molecule has 1 aliphatic heterocycles. The van der Waals surface area contributed by atoms with Crippen LogP contribution in [0, 0.1) is 5.92 Å². The fourth-order valence-electron chi connectivity index (χ4n) is 2.38. The van der Waals surface area contributed by atoms with Gasteiger partial charge in [-0.1, -0.05) is 12.1 Å². The fraction of sp³-hybridized carbons (Fsp3) is 0.400. The Bertz CT molecular complexity index is 544. The molecule has 3 N–H and O–H groups in total. The highest BCUT2D eigenvalue weighted by molar-refractivity contribution is 5.92. The summed E-state index contributed by atoms with van der Waals surface area (Å²) in [5.41, 5.74) is 6.56. The molecule has 0 radical (unpaired) electrons. The van der Waals surface area contributed by atoms with Crippen LogP contribution < -0.4 is 11.1 Å². The van der Waals surface area contributed by atoms with E-state index in [1.807, 2.05) is 0 Å². The van der Waals surface area contributed by atoms with E-state index in [0.717, 1.165) is 5.56 Å². The van der Waals surface area contributed by atoms with Crippen molar-refractivity contribution in [3.63, 3.8) is 0 Å². The fourth-order valence-corrected chi connectivity index (χ4v) is 2.38. The summed E-state index contributed by atoms with van der Waals surface area (Å²) in [7, 11) is 1.74.